The first-order valence-electron chi connectivity index (χ1n) is 8.35. The highest BCUT2D eigenvalue weighted by molar-refractivity contribution is 6.30. The number of benzene rings is 2. The first-order chi connectivity index (χ1) is 12.7. The van der Waals surface area contributed by atoms with E-state index in [0.29, 0.717) is 29.8 Å². The third kappa shape index (κ3) is 4.37. The standard InChI is InChI=1S/C20H19ClN4O/c1-2-25(17-6-4-3-5-7-17)19(26)18-12-13-22-20(24-18)23-14-15-8-10-16(21)11-9-15/h3-13H,2,14H2,1H3,(H,22,23,24). The van der Waals surface area contributed by atoms with Crippen LogP contribution < -0.4 is 10.2 Å². The zero-order valence-corrected chi connectivity index (χ0v) is 15.1. The van der Waals surface area contributed by atoms with Crippen LogP contribution in [0.5, 0.6) is 0 Å². The van der Waals surface area contributed by atoms with E-state index in [1.165, 1.54) is 0 Å². The fourth-order valence-electron chi connectivity index (χ4n) is 2.54. The zero-order chi connectivity index (χ0) is 18.4. The molecule has 0 bridgehead atoms. The number of aromatic nitrogens is 2. The van der Waals surface area contributed by atoms with Crippen molar-refractivity contribution >= 4 is 29.1 Å². The molecule has 0 unspecified atom stereocenters. The minimum atomic E-state index is -0.157. The number of carbonyl (C=O) groups is 1. The molecule has 0 radical (unpaired) electrons. The van der Waals surface area contributed by atoms with E-state index in [-0.39, 0.29) is 5.91 Å². The van der Waals surface area contributed by atoms with Crippen LogP contribution in [0.15, 0.2) is 66.9 Å². The van der Waals surface area contributed by atoms with Gasteiger partial charge in [-0.3, -0.25) is 4.79 Å². The Morgan fingerprint density at radius 2 is 1.81 bits per heavy atom. The van der Waals surface area contributed by atoms with E-state index >= 15 is 0 Å². The Morgan fingerprint density at radius 3 is 2.50 bits per heavy atom. The molecule has 0 atom stereocenters. The zero-order valence-electron chi connectivity index (χ0n) is 14.4. The predicted octanol–water partition coefficient (Wildman–Crippen LogP) is 4.41. The number of hydrogen-bond acceptors (Lipinski definition) is 4. The smallest absolute Gasteiger partial charge is 0.277 e. The van der Waals surface area contributed by atoms with Crippen molar-refractivity contribution in [3.63, 3.8) is 0 Å². The van der Waals surface area contributed by atoms with E-state index < -0.39 is 0 Å². The normalized spacial score (nSPS) is 10.4. The topological polar surface area (TPSA) is 58.1 Å². The van der Waals surface area contributed by atoms with Gasteiger partial charge in [0.15, 0.2) is 0 Å². The lowest BCUT2D eigenvalue weighted by Gasteiger charge is -2.20. The second-order valence-corrected chi connectivity index (χ2v) is 6.07. The van der Waals surface area contributed by atoms with E-state index in [1.54, 1.807) is 17.2 Å². The summed E-state index contributed by atoms with van der Waals surface area (Å²) in [4.78, 5) is 23.1. The average Bonchev–Trinajstić information content (AvgIpc) is 2.69. The van der Waals surface area contributed by atoms with Crippen LogP contribution in [0.3, 0.4) is 0 Å². The van der Waals surface area contributed by atoms with Crippen LogP contribution >= 0.6 is 11.6 Å². The summed E-state index contributed by atoms with van der Waals surface area (Å²) < 4.78 is 0. The Hall–Kier alpha value is -2.92. The van der Waals surface area contributed by atoms with Crippen molar-refractivity contribution in [3.05, 3.63) is 83.1 Å². The third-order valence-corrected chi connectivity index (χ3v) is 4.12. The second kappa shape index (κ2) is 8.45. The molecular formula is C20H19ClN4O. The van der Waals surface area contributed by atoms with E-state index in [1.807, 2.05) is 61.5 Å². The van der Waals surface area contributed by atoms with Gasteiger partial charge in [-0.15, -0.1) is 0 Å². The summed E-state index contributed by atoms with van der Waals surface area (Å²) in [6.45, 7) is 3.04. The number of carbonyl (C=O) groups excluding carboxylic acids is 1. The first-order valence-corrected chi connectivity index (χ1v) is 8.73. The van der Waals surface area contributed by atoms with E-state index in [2.05, 4.69) is 15.3 Å². The van der Waals surface area contributed by atoms with Gasteiger partial charge in [0.25, 0.3) is 5.91 Å². The third-order valence-electron chi connectivity index (χ3n) is 3.87. The van der Waals surface area contributed by atoms with E-state index in [0.717, 1.165) is 11.3 Å². The summed E-state index contributed by atoms with van der Waals surface area (Å²) in [6, 6.07) is 18.7. The molecular weight excluding hydrogens is 348 g/mol. The Bertz CT molecular complexity index is 868. The van der Waals surface area contributed by atoms with Crippen molar-refractivity contribution in [3.8, 4) is 0 Å². The summed E-state index contributed by atoms with van der Waals surface area (Å²) >= 11 is 5.89. The highest BCUT2D eigenvalue weighted by Gasteiger charge is 2.17. The summed E-state index contributed by atoms with van der Waals surface area (Å²) in [6.07, 6.45) is 1.59. The van der Waals surface area contributed by atoms with E-state index in [9.17, 15) is 4.79 Å². The molecule has 1 heterocycles. The molecule has 0 aliphatic heterocycles. The largest absolute Gasteiger partial charge is 0.350 e. The number of halogens is 1. The molecule has 0 saturated heterocycles. The fourth-order valence-corrected chi connectivity index (χ4v) is 2.66. The average molecular weight is 367 g/mol. The lowest BCUT2D eigenvalue weighted by atomic mass is 10.2. The van der Waals surface area contributed by atoms with Gasteiger partial charge < -0.3 is 10.2 Å². The monoisotopic (exact) mass is 366 g/mol. The molecule has 5 nitrogen and oxygen atoms in total. The summed E-state index contributed by atoms with van der Waals surface area (Å²) in [5, 5.41) is 3.83. The number of hydrogen-bond donors (Lipinski definition) is 1. The Labute approximate surface area is 157 Å². The van der Waals surface area contributed by atoms with Gasteiger partial charge >= 0.3 is 0 Å². The van der Waals surface area contributed by atoms with Crippen LogP contribution in [0.2, 0.25) is 5.02 Å². The summed E-state index contributed by atoms with van der Waals surface area (Å²) in [5.74, 6) is 0.255. The van der Waals surface area contributed by atoms with E-state index in [4.69, 9.17) is 11.6 Å². The summed E-state index contributed by atoms with van der Waals surface area (Å²) in [5.41, 5.74) is 2.24. The molecule has 0 spiro atoms. The molecule has 3 rings (SSSR count). The van der Waals surface area contributed by atoms with Gasteiger partial charge in [-0.1, -0.05) is 41.9 Å². The first kappa shape index (κ1) is 17.9. The molecule has 1 aromatic heterocycles. The highest BCUT2D eigenvalue weighted by atomic mass is 35.5. The van der Waals surface area contributed by atoms with Crippen LogP contribution in [-0.4, -0.2) is 22.4 Å². The maximum absolute atomic E-state index is 12.8. The highest BCUT2D eigenvalue weighted by Crippen LogP contribution is 2.16. The van der Waals surface area contributed by atoms with Gasteiger partial charge in [-0.05, 0) is 42.8 Å². The number of rotatable bonds is 6. The van der Waals surface area contributed by atoms with Crippen LogP contribution in [0, 0.1) is 0 Å². The fraction of sp³-hybridized carbons (Fsp3) is 0.150. The molecule has 0 saturated carbocycles. The number of amides is 1. The van der Waals surface area contributed by atoms with Gasteiger partial charge in [-0.2, -0.15) is 0 Å². The molecule has 3 aromatic rings. The van der Waals surface area contributed by atoms with Gasteiger partial charge in [0.1, 0.15) is 5.69 Å². The molecule has 6 heteroatoms. The van der Waals surface area contributed by atoms with Crippen LogP contribution in [-0.2, 0) is 6.54 Å². The minimum absolute atomic E-state index is 0.157. The molecule has 0 aliphatic rings. The lowest BCUT2D eigenvalue weighted by Crippen LogP contribution is -2.31. The molecule has 1 N–H and O–H groups in total. The van der Waals surface area contributed by atoms with Gasteiger partial charge in [0.05, 0.1) is 0 Å². The maximum Gasteiger partial charge on any atom is 0.277 e. The Kier molecular flexibility index (Phi) is 5.81. The van der Waals surface area contributed by atoms with Crippen molar-refractivity contribution < 1.29 is 4.79 Å². The molecule has 1 amide bonds. The van der Waals surface area contributed by atoms with Crippen molar-refractivity contribution in [2.45, 2.75) is 13.5 Å². The van der Waals surface area contributed by atoms with Crippen molar-refractivity contribution in [2.75, 3.05) is 16.8 Å². The molecule has 0 aliphatic carbocycles. The van der Waals surface area contributed by atoms with Crippen molar-refractivity contribution in [1.82, 2.24) is 9.97 Å². The van der Waals surface area contributed by atoms with Gasteiger partial charge in [-0.25, -0.2) is 9.97 Å². The Balaban J connectivity index is 1.73. The van der Waals surface area contributed by atoms with Gasteiger partial charge in [0.2, 0.25) is 5.95 Å². The number of nitrogens with zero attached hydrogens (tertiary/aromatic N) is 3. The molecule has 2 aromatic carbocycles. The number of para-hydroxylation sites is 1. The molecule has 132 valence electrons. The Morgan fingerprint density at radius 1 is 1.08 bits per heavy atom. The predicted molar refractivity (Wildman–Crippen MR) is 105 cm³/mol. The number of nitrogens with one attached hydrogen (secondary N) is 1. The molecule has 26 heavy (non-hydrogen) atoms. The van der Waals surface area contributed by atoms with Crippen molar-refractivity contribution in [1.29, 1.82) is 0 Å². The maximum atomic E-state index is 12.8. The quantitative estimate of drug-likeness (QED) is 0.702. The van der Waals surface area contributed by atoms with Crippen LogP contribution in [0.25, 0.3) is 0 Å². The lowest BCUT2D eigenvalue weighted by molar-refractivity contribution is 0.0983. The van der Waals surface area contributed by atoms with Crippen LogP contribution in [0.1, 0.15) is 23.0 Å². The SMILES string of the molecule is CCN(C(=O)c1ccnc(NCc2ccc(Cl)cc2)n1)c1ccccc1. The van der Waals surface area contributed by atoms with Gasteiger partial charge in [0, 0.05) is 30.0 Å². The summed E-state index contributed by atoms with van der Waals surface area (Å²) in [7, 11) is 0. The number of anilines is 2. The van der Waals surface area contributed by atoms with Crippen LogP contribution in [0.4, 0.5) is 11.6 Å². The minimum Gasteiger partial charge on any atom is -0.350 e. The molecule has 0 fully saturated rings. The second-order valence-electron chi connectivity index (χ2n) is 5.63. The van der Waals surface area contributed by atoms with Crippen molar-refractivity contribution in [2.24, 2.45) is 0 Å².